The topological polar surface area (TPSA) is 206 Å². The summed E-state index contributed by atoms with van der Waals surface area (Å²) in [7, 11) is 0. The number of hydrogen-bond donors (Lipinski definition) is 4. The second-order valence-electron chi connectivity index (χ2n) is 13.2. The van der Waals surface area contributed by atoms with Gasteiger partial charge in [0, 0.05) is 36.1 Å². The SMILES string of the molecule is CCN(CCc1c2c(nc3ccccc13)-c1cc3c(c(=O)n1C2)COC(=O)[C@]3(O)CC)C(=O)[C@@H]1CCCN1C(=O)CNC(=O)CNC(=O)[C@H](C)N. The van der Waals surface area contributed by atoms with Crippen LogP contribution in [0, 0.1) is 0 Å². The van der Waals surface area contributed by atoms with Gasteiger partial charge in [-0.2, -0.15) is 0 Å². The van der Waals surface area contributed by atoms with Crippen LogP contribution in [0.25, 0.3) is 22.3 Å². The number of hydrogen-bond acceptors (Lipinski definition) is 10. The molecular weight excluding hydrogens is 658 g/mol. The highest BCUT2D eigenvalue weighted by Crippen LogP contribution is 2.40. The summed E-state index contributed by atoms with van der Waals surface area (Å²) in [5.74, 6) is -2.39. The fraction of sp³-hybridized carbons (Fsp3) is 0.472. The molecule has 1 aromatic carbocycles. The number of esters is 1. The summed E-state index contributed by atoms with van der Waals surface area (Å²) in [4.78, 5) is 85.5. The van der Waals surface area contributed by atoms with Crippen molar-refractivity contribution in [3.8, 4) is 11.4 Å². The number of likely N-dealkylation sites (tertiary alicyclic amines) is 1. The third kappa shape index (κ3) is 6.47. The number of benzene rings is 1. The molecule has 5 N–H and O–H groups in total. The van der Waals surface area contributed by atoms with E-state index >= 15 is 0 Å². The molecule has 1 fully saturated rings. The number of amides is 4. The smallest absolute Gasteiger partial charge is 0.343 e. The van der Waals surface area contributed by atoms with E-state index in [-0.39, 0.29) is 61.2 Å². The van der Waals surface area contributed by atoms with E-state index in [4.69, 9.17) is 15.5 Å². The first kappa shape index (κ1) is 35.7. The van der Waals surface area contributed by atoms with Crippen molar-refractivity contribution in [2.75, 3.05) is 32.7 Å². The molecular formula is C36H43N7O8. The number of nitrogens with two attached hydrogens (primary N) is 1. The number of nitrogens with one attached hydrogen (secondary N) is 2. The molecule has 6 rings (SSSR count). The van der Waals surface area contributed by atoms with Gasteiger partial charge in [0.05, 0.1) is 48.1 Å². The van der Waals surface area contributed by atoms with Gasteiger partial charge >= 0.3 is 5.97 Å². The molecule has 0 radical (unpaired) electrons. The number of para-hydroxylation sites is 1. The van der Waals surface area contributed by atoms with Gasteiger partial charge < -0.3 is 40.6 Å². The third-order valence-corrected chi connectivity index (χ3v) is 10.2. The highest BCUT2D eigenvalue weighted by Gasteiger charge is 2.45. The monoisotopic (exact) mass is 701 g/mol. The lowest BCUT2D eigenvalue weighted by Gasteiger charge is -2.31. The molecule has 0 aliphatic carbocycles. The van der Waals surface area contributed by atoms with Crippen molar-refractivity contribution in [3.05, 3.63) is 62.9 Å². The van der Waals surface area contributed by atoms with Gasteiger partial charge in [-0.1, -0.05) is 25.1 Å². The number of nitrogens with zero attached hydrogens (tertiary/aromatic N) is 4. The summed E-state index contributed by atoms with van der Waals surface area (Å²) >= 11 is 0. The van der Waals surface area contributed by atoms with E-state index in [1.807, 2.05) is 31.2 Å². The number of cyclic esters (lactones) is 1. The fourth-order valence-electron chi connectivity index (χ4n) is 7.27. The molecule has 1 saturated heterocycles. The van der Waals surface area contributed by atoms with Crippen LogP contribution in [0.15, 0.2) is 35.1 Å². The first-order chi connectivity index (χ1) is 24.4. The first-order valence-electron chi connectivity index (χ1n) is 17.3. The number of carbonyl (C=O) groups is 5. The number of likely N-dealkylation sites (N-methyl/N-ethyl adjacent to an activating group) is 1. The average Bonchev–Trinajstić information content (AvgIpc) is 3.77. The van der Waals surface area contributed by atoms with Gasteiger partial charge in [0.2, 0.25) is 23.6 Å². The second kappa shape index (κ2) is 14.2. The molecule has 0 spiro atoms. The zero-order chi connectivity index (χ0) is 36.6. The molecule has 5 heterocycles. The van der Waals surface area contributed by atoms with Crippen LogP contribution in [-0.2, 0) is 53.9 Å². The second-order valence-corrected chi connectivity index (χ2v) is 13.2. The summed E-state index contributed by atoms with van der Waals surface area (Å²) in [5.41, 5.74) is 7.25. The van der Waals surface area contributed by atoms with Crippen LogP contribution < -0.4 is 21.9 Å². The van der Waals surface area contributed by atoms with Crippen LogP contribution in [0.4, 0.5) is 0 Å². The number of pyridine rings is 2. The summed E-state index contributed by atoms with van der Waals surface area (Å²) in [6.07, 6.45) is 1.62. The number of ether oxygens (including phenoxy) is 1. The highest BCUT2D eigenvalue weighted by molar-refractivity contribution is 5.93. The molecule has 51 heavy (non-hydrogen) atoms. The van der Waals surface area contributed by atoms with Crippen molar-refractivity contribution in [3.63, 3.8) is 0 Å². The van der Waals surface area contributed by atoms with Crippen molar-refractivity contribution in [1.82, 2.24) is 30.0 Å². The minimum atomic E-state index is -1.94. The van der Waals surface area contributed by atoms with Crippen LogP contribution in [0.5, 0.6) is 0 Å². The Balaban J connectivity index is 1.22. The normalized spacial score (nSPS) is 19.5. The van der Waals surface area contributed by atoms with Crippen molar-refractivity contribution >= 4 is 40.5 Å². The van der Waals surface area contributed by atoms with Crippen LogP contribution in [0.2, 0.25) is 0 Å². The molecule has 0 unspecified atom stereocenters. The van der Waals surface area contributed by atoms with E-state index in [0.29, 0.717) is 55.8 Å². The Labute approximate surface area is 294 Å². The van der Waals surface area contributed by atoms with Crippen molar-refractivity contribution in [1.29, 1.82) is 0 Å². The molecule has 3 atom stereocenters. The van der Waals surface area contributed by atoms with Crippen LogP contribution >= 0.6 is 0 Å². The Morgan fingerprint density at radius 1 is 1.14 bits per heavy atom. The van der Waals surface area contributed by atoms with Gasteiger partial charge in [0.15, 0.2) is 5.60 Å². The first-order valence-corrected chi connectivity index (χ1v) is 17.3. The zero-order valence-corrected chi connectivity index (χ0v) is 29.0. The van der Waals surface area contributed by atoms with E-state index < -0.39 is 35.5 Å². The van der Waals surface area contributed by atoms with Crippen LogP contribution in [-0.4, -0.2) is 98.9 Å². The quantitative estimate of drug-likeness (QED) is 0.155. The van der Waals surface area contributed by atoms with Gasteiger partial charge in [-0.05, 0) is 57.2 Å². The Bertz CT molecular complexity index is 1990. The Morgan fingerprint density at radius 3 is 2.63 bits per heavy atom. The standard InChI is InChI=1S/C36H43N7O8/c1-4-36(50)25-15-28-31-23(18-43(28)33(47)24(25)19-51-35(36)49)21(22-9-6-7-10-26(22)40-31)12-14-41(5-2)34(48)27-11-8-13-42(27)30(45)17-38-29(44)16-39-32(46)20(3)37/h6-7,9-10,15,20,27,50H,4-5,8,11-14,16-19,37H2,1-3H3,(H,38,44)(H,39,46)/t20-,27-,36-/m0/s1. The Kier molecular flexibility index (Phi) is 9.95. The Morgan fingerprint density at radius 2 is 1.90 bits per heavy atom. The van der Waals surface area contributed by atoms with E-state index in [1.165, 1.54) is 11.8 Å². The van der Waals surface area contributed by atoms with Crippen molar-refractivity contribution in [2.45, 2.75) is 77.3 Å². The van der Waals surface area contributed by atoms with Crippen molar-refractivity contribution < 1.29 is 33.8 Å². The highest BCUT2D eigenvalue weighted by atomic mass is 16.6. The molecule has 0 saturated carbocycles. The van der Waals surface area contributed by atoms with E-state index in [9.17, 15) is 33.9 Å². The molecule has 15 heteroatoms. The van der Waals surface area contributed by atoms with Crippen molar-refractivity contribution in [2.24, 2.45) is 5.73 Å². The Hall–Kier alpha value is -5.15. The predicted octanol–water partition coefficient (Wildman–Crippen LogP) is 0.0412. The number of aromatic nitrogens is 2. The van der Waals surface area contributed by atoms with E-state index in [2.05, 4.69) is 10.6 Å². The number of fused-ring (bicyclic) bond motifs is 5. The number of rotatable bonds is 11. The fourth-order valence-corrected chi connectivity index (χ4v) is 7.27. The largest absolute Gasteiger partial charge is 0.458 e. The average molecular weight is 702 g/mol. The maximum atomic E-state index is 13.9. The molecule has 2 aromatic heterocycles. The summed E-state index contributed by atoms with van der Waals surface area (Å²) < 4.78 is 6.81. The predicted molar refractivity (Wildman–Crippen MR) is 185 cm³/mol. The molecule has 15 nitrogen and oxygen atoms in total. The summed E-state index contributed by atoms with van der Waals surface area (Å²) in [5, 5.41) is 17.1. The molecule has 4 amide bonds. The van der Waals surface area contributed by atoms with E-state index in [0.717, 1.165) is 16.5 Å². The van der Waals surface area contributed by atoms with Gasteiger partial charge in [0.25, 0.3) is 5.56 Å². The van der Waals surface area contributed by atoms with Gasteiger partial charge in [-0.25, -0.2) is 9.78 Å². The minimum absolute atomic E-state index is 0.0405. The third-order valence-electron chi connectivity index (χ3n) is 10.2. The lowest BCUT2D eigenvalue weighted by Crippen LogP contribution is -2.51. The summed E-state index contributed by atoms with van der Waals surface area (Å²) in [6, 6.07) is 7.87. The molecule has 3 aliphatic rings. The number of carbonyl (C=O) groups excluding carboxylic acids is 5. The maximum absolute atomic E-state index is 13.9. The van der Waals surface area contributed by atoms with Gasteiger partial charge in [0.1, 0.15) is 12.6 Å². The van der Waals surface area contributed by atoms with Gasteiger partial charge in [-0.15, -0.1) is 0 Å². The molecule has 0 bridgehead atoms. The molecule has 3 aromatic rings. The van der Waals surface area contributed by atoms with Crippen LogP contribution in [0.1, 0.15) is 62.3 Å². The maximum Gasteiger partial charge on any atom is 0.343 e. The van der Waals surface area contributed by atoms with E-state index in [1.54, 1.807) is 22.5 Å². The lowest BCUT2D eigenvalue weighted by atomic mass is 9.86. The molecule has 3 aliphatic heterocycles. The zero-order valence-electron chi connectivity index (χ0n) is 29.0. The lowest BCUT2D eigenvalue weighted by molar-refractivity contribution is -0.172. The minimum Gasteiger partial charge on any atom is -0.458 e. The number of aliphatic hydroxyl groups is 1. The summed E-state index contributed by atoms with van der Waals surface area (Å²) in [6.45, 7) is 5.53. The van der Waals surface area contributed by atoms with Crippen LogP contribution in [0.3, 0.4) is 0 Å². The van der Waals surface area contributed by atoms with Gasteiger partial charge in [-0.3, -0.25) is 24.0 Å². The molecule has 270 valence electrons.